The minimum Gasteiger partial charge on any atom is -0.476 e. The van der Waals surface area contributed by atoms with E-state index in [9.17, 15) is 24.0 Å². The monoisotopic (exact) mass is 454 g/mol. The van der Waals surface area contributed by atoms with Gasteiger partial charge in [-0.15, -0.1) is 0 Å². The third-order valence-electron chi connectivity index (χ3n) is 3.71. The van der Waals surface area contributed by atoms with Gasteiger partial charge in [-0.3, -0.25) is 14.4 Å². The van der Waals surface area contributed by atoms with Crippen LogP contribution in [0, 0.1) is 0 Å². The summed E-state index contributed by atoms with van der Waals surface area (Å²) in [5.74, 6) is -4.94. The fourth-order valence-corrected chi connectivity index (χ4v) is 2.12. The summed E-state index contributed by atoms with van der Waals surface area (Å²) < 4.78 is 25.3. The molecular formula is C21H26O11. The van der Waals surface area contributed by atoms with Crippen molar-refractivity contribution >= 4 is 29.5 Å². The molecule has 0 heterocycles. The highest BCUT2D eigenvalue weighted by atomic mass is 16.6. The maximum absolute atomic E-state index is 11.8. The summed E-state index contributed by atoms with van der Waals surface area (Å²) in [7, 11) is 0. The van der Waals surface area contributed by atoms with Crippen molar-refractivity contribution in [3.63, 3.8) is 0 Å². The van der Waals surface area contributed by atoms with Gasteiger partial charge in [0.15, 0.2) is 0 Å². The molecule has 0 radical (unpaired) electrons. The second kappa shape index (κ2) is 16.5. The van der Waals surface area contributed by atoms with Gasteiger partial charge in [-0.25, -0.2) is 9.59 Å². The molecule has 11 nitrogen and oxygen atoms in total. The Bertz CT molecular complexity index is 745. The summed E-state index contributed by atoms with van der Waals surface area (Å²) >= 11 is 0. The molecule has 32 heavy (non-hydrogen) atoms. The Morgan fingerprint density at radius 3 is 1.69 bits per heavy atom. The zero-order valence-electron chi connectivity index (χ0n) is 17.5. The number of carboxylic acids is 1. The average Bonchev–Trinajstić information content (AvgIpc) is 2.80. The molecule has 0 atom stereocenters. The summed E-state index contributed by atoms with van der Waals surface area (Å²) in [5.41, 5.74) is 0.263. The quantitative estimate of drug-likeness (QED) is 0.142. The van der Waals surface area contributed by atoms with E-state index in [1.165, 1.54) is 12.1 Å². The van der Waals surface area contributed by atoms with E-state index >= 15 is 0 Å². The molecule has 0 bridgehead atoms. The summed E-state index contributed by atoms with van der Waals surface area (Å²) in [4.78, 5) is 55.8. The fraction of sp³-hybridized carbons (Fsp3) is 0.476. The van der Waals surface area contributed by atoms with Crippen LogP contribution < -0.4 is 0 Å². The van der Waals surface area contributed by atoms with Crippen molar-refractivity contribution in [2.45, 2.75) is 12.8 Å². The molecule has 0 unspecified atom stereocenters. The number of ether oxygens (including phenoxy) is 5. The Kier molecular flexibility index (Phi) is 13.9. The minimum atomic E-state index is -1.58. The number of aliphatic carboxylic acids is 1. The van der Waals surface area contributed by atoms with Gasteiger partial charge in [0.1, 0.15) is 13.2 Å². The SMILES string of the molecule is O=C(CCC(=O)C(=O)O)OCCOCCOCCOCCOC(=O)C(=O)c1ccccc1. The van der Waals surface area contributed by atoms with Crippen LogP contribution in [0.4, 0.5) is 0 Å². The Hall–Kier alpha value is -3.15. The van der Waals surface area contributed by atoms with E-state index in [2.05, 4.69) is 0 Å². The fourth-order valence-electron chi connectivity index (χ4n) is 2.12. The predicted molar refractivity (Wildman–Crippen MR) is 107 cm³/mol. The predicted octanol–water partition coefficient (Wildman–Crippen LogP) is 0.439. The van der Waals surface area contributed by atoms with Crippen molar-refractivity contribution in [3.05, 3.63) is 35.9 Å². The molecule has 1 aromatic rings. The molecule has 1 rings (SSSR count). The summed E-state index contributed by atoms with van der Waals surface area (Å²) in [6.45, 7) is 1.27. The number of carbonyl (C=O) groups is 5. The maximum atomic E-state index is 11.8. The standard InChI is InChI=1S/C21H26O11/c22-17(20(25)26)6-7-18(23)31-14-12-29-10-8-28-9-11-30-13-15-32-21(27)19(24)16-4-2-1-3-5-16/h1-5H,6-15H2,(H,25,26). The van der Waals surface area contributed by atoms with Crippen molar-refractivity contribution in [2.75, 3.05) is 52.9 Å². The number of esters is 2. The van der Waals surface area contributed by atoms with Crippen LogP contribution in [0.3, 0.4) is 0 Å². The molecule has 0 spiro atoms. The molecule has 0 aliphatic rings. The first-order valence-electron chi connectivity index (χ1n) is 9.83. The molecule has 0 aliphatic heterocycles. The number of carbonyl (C=O) groups excluding carboxylic acids is 4. The van der Waals surface area contributed by atoms with E-state index in [1.807, 2.05) is 0 Å². The van der Waals surface area contributed by atoms with Crippen LogP contribution in [-0.4, -0.2) is 87.4 Å². The van der Waals surface area contributed by atoms with Crippen molar-refractivity contribution in [1.82, 2.24) is 0 Å². The Balaban J connectivity index is 1.87. The summed E-state index contributed by atoms with van der Waals surface area (Å²) in [6.07, 6.45) is -0.698. The molecule has 0 aliphatic carbocycles. The molecular weight excluding hydrogens is 428 g/mol. The van der Waals surface area contributed by atoms with Crippen LogP contribution in [0.1, 0.15) is 23.2 Å². The lowest BCUT2D eigenvalue weighted by Crippen LogP contribution is -2.20. The minimum absolute atomic E-state index is 0.0191. The molecule has 0 fully saturated rings. The normalized spacial score (nSPS) is 10.4. The van der Waals surface area contributed by atoms with Gasteiger partial charge in [0.2, 0.25) is 5.78 Å². The molecule has 11 heteroatoms. The summed E-state index contributed by atoms with van der Waals surface area (Å²) in [6, 6.07) is 8.10. The zero-order chi connectivity index (χ0) is 23.6. The molecule has 176 valence electrons. The molecule has 0 saturated heterocycles. The van der Waals surface area contributed by atoms with E-state index in [4.69, 9.17) is 28.8 Å². The molecule has 0 saturated carbocycles. The Morgan fingerprint density at radius 1 is 0.656 bits per heavy atom. The van der Waals surface area contributed by atoms with Gasteiger partial charge >= 0.3 is 17.9 Å². The second-order valence-electron chi connectivity index (χ2n) is 6.12. The number of ketones is 2. The zero-order valence-corrected chi connectivity index (χ0v) is 17.5. The van der Waals surface area contributed by atoms with Gasteiger partial charge in [-0.05, 0) is 0 Å². The van der Waals surface area contributed by atoms with E-state index < -0.39 is 35.9 Å². The molecule has 0 amide bonds. The Labute approximate surface area is 184 Å². The molecule has 1 N–H and O–H groups in total. The highest BCUT2D eigenvalue weighted by Gasteiger charge is 2.17. The third kappa shape index (κ3) is 12.5. The Morgan fingerprint density at radius 2 is 1.16 bits per heavy atom. The topological polar surface area (TPSA) is 152 Å². The van der Waals surface area contributed by atoms with Crippen molar-refractivity contribution in [3.8, 4) is 0 Å². The first-order chi connectivity index (χ1) is 15.4. The van der Waals surface area contributed by atoms with Gasteiger partial charge in [-0.2, -0.15) is 0 Å². The van der Waals surface area contributed by atoms with Crippen LogP contribution in [0.2, 0.25) is 0 Å². The third-order valence-corrected chi connectivity index (χ3v) is 3.71. The van der Waals surface area contributed by atoms with Crippen molar-refractivity contribution in [2.24, 2.45) is 0 Å². The smallest absolute Gasteiger partial charge is 0.379 e. The highest BCUT2D eigenvalue weighted by Crippen LogP contribution is 2.01. The molecule has 0 aromatic heterocycles. The number of Topliss-reactive ketones (excluding diaryl/α,β-unsaturated/α-hetero) is 2. The lowest BCUT2D eigenvalue weighted by molar-refractivity contribution is -0.151. The van der Waals surface area contributed by atoms with Crippen LogP contribution >= 0.6 is 0 Å². The lowest BCUT2D eigenvalue weighted by atomic mass is 10.1. The van der Waals surface area contributed by atoms with Crippen LogP contribution in [0.5, 0.6) is 0 Å². The van der Waals surface area contributed by atoms with Crippen LogP contribution in [-0.2, 0) is 42.9 Å². The average molecular weight is 454 g/mol. The molecule has 1 aromatic carbocycles. The van der Waals surface area contributed by atoms with Gasteiger partial charge in [-0.1, -0.05) is 30.3 Å². The number of benzene rings is 1. The first-order valence-corrected chi connectivity index (χ1v) is 9.83. The number of hydrogen-bond donors (Lipinski definition) is 1. The number of hydrogen-bond acceptors (Lipinski definition) is 10. The highest BCUT2D eigenvalue weighted by molar-refractivity contribution is 6.40. The van der Waals surface area contributed by atoms with Crippen molar-refractivity contribution < 1.29 is 52.8 Å². The van der Waals surface area contributed by atoms with E-state index in [1.54, 1.807) is 18.2 Å². The number of rotatable bonds is 18. The van der Waals surface area contributed by atoms with Gasteiger partial charge < -0.3 is 28.8 Å². The lowest BCUT2D eigenvalue weighted by Gasteiger charge is -2.08. The van der Waals surface area contributed by atoms with Crippen LogP contribution in [0.25, 0.3) is 0 Å². The largest absolute Gasteiger partial charge is 0.476 e. The second-order valence-corrected chi connectivity index (χ2v) is 6.12. The number of carboxylic acid groups (broad SMARTS) is 1. The van der Waals surface area contributed by atoms with Gasteiger partial charge in [0.25, 0.3) is 5.78 Å². The van der Waals surface area contributed by atoms with E-state index in [0.29, 0.717) is 0 Å². The van der Waals surface area contributed by atoms with Gasteiger partial charge in [0.05, 0.1) is 46.1 Å². The maximum Gasteiger partial charge on any atom is 0.379 e. The van der Waals surface area contributed by atoms with Gasteiger partial charge in [0, 0.05) is 12.0 Å². The van der Waals surface area contributed by atoms with Crippen molar-refractivity contribution in [1.29, 1.82) is 0 Å². The first kappa shape index (κ1) is 26.9. The van der Waals surface area contributed by atoms with E-state index in [-0.39, 0.29) is 64.8 Å². The summed E-state index contributed by atoms with van der Waals surface area (Å²) in [5, 5.41) is 8.39. The van der Waals surface area contributed by atoms with Crippen LogP contribution in [0.15, 0.2) is 30.3 Å². The van der Waals surface area contributed by atoms with E-state index in [0.717, 1.165) is 0 Å².